The third-order valence-electron chi connectivity index (χ3n) is 5.78. The van der Waals surface area contributed by atoms with Gasteiger partial charge in [-0.05, 0) is 73.5 Å². The zero-order valence-electron chi connectivity index (χ0n) is 21.7. The Morgan fingerprint density at radius 2 is 1.49 bits per heavy atom. The Morgan fingerprint density at radius 1 is 0.769 bits per heavy atom. The first-order valence-corrected chi connectivity index (χ1v) is 13.4. The van der Waals surface area contributed by atoms with Crippen molar-refractivity contribution in [2.75, 3.05) is 16.4 Å². The molecule has 0 bridgehead atoms. The second-order valence-corrected chi connectivity index (χ2v) is 9.97. The molecular formula is C32H29N3O3S. The molecule has 4 rings (SSSR count). The zero-order chi connectivity index (χ0) is 27.6. The molecule has 0 spiro atoms. The van der Waals surface area contributed by atoms with E-state index in [1.165, 1.54) is 11.8 Å². The third-order valence-corrected chi connectivity index (χ3v) is 6.80. The van der Waals surface area contributed by atoms with Crippen molar-refractivity contribution in [2.24, 2.45) is 0 Å². The Bertz CT molecular complexity index is 1500. The highest BCUT2D eigenvalue weighted by Crippen LogP contribution is 2.22. The fourth-order valence-electron chi connectivity index (χ4n) is 3.75. The molecule has 7 heteroatoms. The molecule has 0 radical (unpaired) electrons. The van der Waals surface area contributed by atoms with Gasteiger partial charge in [-0.2, -0.15) is 0 Å². The second kappa shape index (κ2) is 13.3. The standard InChI is InChI=1S/C32H29N3O3S/c1-22-9-8-11-24(19-22)20-29(35-31(37)25-12-4-3-5-13-25)32(38)33-26-15-17-27(18-16-26)39-21-30(36)34-28-14-7-6-10-23(28)2/h3-20H,21H2,1-2H3,(H,33,38)(H,34,36)(H,35,37)/b29-20-. The van der Waals surface area contributed by atoms with Crippen molar-refractivity contribution in [3.05, 3.63) is 131 Å². The van der Waals surface area contributed by atoms with Crippen LogP contribution in [-0.4, -0.2) is 23.5 Å². The number of carbonyl (C=O) groups excluding carboxylic acids is 3. The maximum Gasteiger partial charge on any atom is 0.272 e. The van der Waals surface area contributed by atoms with Gasteiger partial charge in [0.15, 0.2) is 0 Å². The molecule has 4 aromatic carbocycles. The zero-order valence-corrected chi connectivity index (χ0v) is 22.5. The van der Waals surface area contributed by atoms with Crippen molar-refractivity contribution < 1.29 is 14.4 Å². The van der Waals surface area contributed by atoms with E-state index in [9.17, 15) is 14.4 Å². The van der Waals surface area contributed by atoms with Gasteiger partial charge in [0.05, 0.1) is 5.75 Å². The van der Waals surface area contributed by atoms with E-state index in [2.05, 4.69) is 16.0 Å². The van der Waals surface area contributed by atoms with Gasteiger partial charge in [0.25, 0.3) is 11.8 Å². The van der Waals surface area contributed by atoms with Crippen LogP contribution in [0, 0.1) is 13.8 Å². The van der Waals surface area contributed by atoms with Crippen LogP contribution in [0.2, 0.25) is 0 Å². The topological polar surface area (TPSA) is 87.3 Å². The largest absolute Gasteiger partial charge is 0.325 e. The van der Waals surface area contributed by atoms with E-state index in [0.717, 1.165) is 27.3 Å². The maximum absolute atomic E-state index is 13.2. The molecule has 0 aliphatic carbocycles. The summed E-state index contributed by atoms with van der Waals surface area (Å²) in [6.07, 6.45) is 1.65. The van der Waals surface area contributed by atoms with Crippen molar-refractivity contribution in [1.29, 1.82) is 0 Å². The summed E-state index contributed by atoms with van der Waals surface area (Å²) in [6.45, 7) is 3.91. The summed E-state index contributed by atoms with van der Waals surface area (Å²) >= 11 is 1.40. The molecule has 196 valence electrons. The van der Waals surface area contributed by atoms with Crippen LogP contribution in [0.15, 0.2) is 114 Å². The molecule has 0 saturated heterocycles. The van der Waals surface area contributed by atoms with Crippen molar-refractivity contribution >= 4 is 46.9 Å². The molecule has 39 heavy (non-hydrogen) atoms. The lowest BCUT2D eigenvalue weighted by Gasteiger charge is -2.12. The smallest absolute Gasteiger partial charge is 0.272 e. The Balaban J connectivity index is 1.41. The lowest BCUT2D eigenvalue weighted by Crippen LogP contribution is -2.30. The molecule has 0 fully saturated rings. The summed E-state index contributed by atoms with van der Waals surface area (Å²) in [5, 5.41) is 8.53. The first-order chi connectivity index (χ1) is 18.9. The molecule has 0 saturated carbocycles. The van der Waals surface area contributed by atoms with Crippen LogP contribution in [0.4, 0.5) is 11.4 Å². The summed E-state index contributed by atoms with van der Waals surface area (Å²) in [4.78, 5) is 39.3. The van der Waals surface area contributed by atoms with E-state index in [-0.39, 0.29) is 23.3 Å². The lowest BCUT2D eigenvalue weighted by atomic mass is 10.1. The maximum atomic E-state index is 13.2. The summed E-state index contributed by atoms with van der Waals surface area (Å²) in [7, 11) is 0. The average molecular weight is 536 g/mol. The van der Waals surface area contributed by atoms with Crippen molar-refractivity contribution in [3.63, 3.8) is 0 Å². The molecule has 3 amide bonds. The molecule has 4 aromatic rings. The van der Waals surface area contributed by atoms with Crippen molar-refractivity contribution in [3.8, 4) is 0 Å². The van der Waals surface area contributed by atoms with Gasteiger partial charge in [0, 0.05) is 21.8 Å². The van der Waals surface area contributed by atoms with Gasteiger partial charge in [-0.3, -0.25) is 14.4 Å². The van der Waals surface area contributed by atoms with E-state index in [0.29, 0.717) is 11.3 Å². The Kier molecular flexibility index (Phi) is 9.32. The number of anilines is 2. The predicted molar refractivity (Wildman–Crippen MR) is 159 cm³/mol. The highest BCUT2D eigenvalue weighted by atomic mass is 32.2. The predicted octanol–water partition coefficient (Wildman–Crippen LogP) is 6.44. The number of amides is 3. The lowest BCUT2D eigenvalue weighted by molar-refractivity contribution is -0.114. The van der Waals surface area contributed by atoms with Crippen LogP contribution in [0.1, 0.15) is 27.0 Å². The Morgan fingerprint density at radius 3 is 2.21 bits per heavy atom. The molecule has 0 unspecified atom stereocenters. The van der Waals surface area contributed by atoms with Gasteiger partial charge in [-0.25, -0.2) is 0 Å². The number of hydrogen-bond donors (Lipinski definition) is 3. The van der Waals surface area contributed by atoms with Gasteiger partial charge >= 0.3 is 0 Å². The van der Waals surface area contributed by atoms with Crippen molar-refractivity contribution in [2.45, 2.75) is 18.7 Å². The van der Waals surface area contributed by atoms with Crippen molar-refractivity contribution in [1.82, 2.24) is 5.32 Å². The number of carbonyl (C=O) groups is 3. The number of para-hydroxylation sites is 1. The van der Waals surface area contributed by atoms with E-state index in [1.807, 2.05) is 80.6 Å². The molecular weight excluding hydrogens is 506 g/mol. The van der Waals surface area contributed by atoms with E-state index < -0.39 is 5.91 Å². The first-order valence-electron chi connectivity index (χ1n) is 12.4. The summed E-state index contributed by atoms with van der Waals surface area (Å²) < 4.78 is 0. The highest BCUT2D eigenvalue weighted by molar-refractivity contribution is 8.00. The number of hydrogen-bond acceptors (Lipinski definition) is 4. The van der Waals surface area contributed by atoms with E-state index >= 15 is 0 Å². The van der Waals surface area contributed by atoms with Crippen LogP contribution in [-0.2, 0) is 9.59 Å². The quantitative estimate of drug-likeness (QED) is 0.170. The number of aryl methyl sites for hydroxylation is 2. The summed E-state index contributed by atoms with van der Waals surface area (Å²) in [5.74, 6) is -0.652. The molecule has 6 nitrogen and oxygen atoms in total. The monoisotopic (exact) mass is 535 g/mol. The highest BCUT2D eigenvalue weighted by Gasteiger charge is 2.15. The minimum Gasteiger partial charge on any atom is -0.325 e. The van der Waals surface area contributed by atoms with Crippen LogP contribution >= 0.6 is 11.8 Å². The van der Waals surface area contributed by atoms with Crippen LogP contribution in [0.3, 0.4) is 0 Å². The van der Waals surface area contributed by atoms with Crippen LogP contribution in [0.5, 0.6) is 0 Å². The number of nitrogens with one attached hydrogen (secondary N) is 3. The first kappa shape index (κ1) is 27.4. The Hall–Kier alpha value is -4.62. The fraction of sp³-hybridized carbons (Fsp3) is 0.0938. The minimum absolute atomic E-state index is 0.0910. The number of thioether (sulfide) groups is 1. The van der Waals surface area contributed by atoms with Gasteiger partial charge in [-0.15, -0.1) is 11.8 Å². The van der Waals surface area contributed by atoms with E-state index in [4.69, 9.17) is 0 Å². The number of benzene rings is 4. The molecule has 0 heterocycles. The van der Waals surface area contributed by atoms with Gasteiger partial charge in [0.1, 0.15) is 5.70 Å². The normalized spacial score (nSPS) is 11.0. The minimum atomic E-state index is -0.446. The molecule has 0 atom stereocenters. The van der Waals surface area contributed by atoms with Crippen LogP contribution < -0.4 is 16.0 Å². The summed E-state index contributed by atoms with van der Waals surface area (Å²) in [6, 6.07) is 31.3. The molecule has 0 aliphatic heterocycles. The van der Waals surface area contributed by atoms with Gasteiger partial charge in [0.2, 0.25) is 5.91 Å². The summed E-state index contributed by atoms with van der Waals surface area (Å²) in [5.41, 5.74) is 4.79. The number of rotatable bonds is 9. The third kappa shape index (κ3) is 8.18. The van der Waals surface area contributed by atoms with E-state index in [1.54, 1.807) is 42.5 Å². The van der Waals surface area contributed by atoms with Crippen LogP contribution in [0.25, 0.3) is 6.08 Å². The SMILES string of the molecule is Cc1cccc(/C=C(\NC(=O)c2ccccc2)C(=O)Nc2ccc(SCC(=O)Nc3ccccc3C)cc2)c1. The molecule has 0 aromatic heterocycles. The second-order valence-electron chi connectivity index (χ2n) is 8.92. The van der Waals surface area contributed by atoms with Gasteiger partial charge < -0.3 is 16.0 Å². The Labute approximate surface area is 232 Å². The fourth-order valence-corrected chi connectivity index (χ4v) is 4.45. The molecule has 0 aliphatic rings. The average Bonchev–Trinajstić information content (AvgIpc) is 2.94. The van der Waals surface area contributed by atoms with Gasteiger partial charge in [-0.1, -0.05) is 66.2 Å². The molecule has 3 N–H and O–H groups in total.